The molecule has 0 unspecified atom stereocenters. The van der Waals surface area contributed by atoms with Crippen LogP contribution in [0.5, 0.6) is 5.75 Å². The summed E-state index contributed by atoms with van der Waals surface area (Å²) in [7, 11) is 1.68. The van der Waals surface area contributed by atoms with E-state index in [2.05, 4.69) is 50.0 Å². The van der Waals surface area contributed by atoms with Crippen molar-refractivity contribution < 1.29 is 9.53 Å². The normalized spacial score (nSPS) is 20.2. The molecule has 2 aromatic heterocycles. The molecule has 10 heteroatoms. The summed E-state index contributed by atoms with van der Waals surface area (Å²) in [5.41, 5.74) is 15.5. The first-order chi connectivity index (χ1) is 16.3. The summed E-state index contributed by atoms with van der Waals surface area (Å²) < 4.78 is 7.46. The Labute approximate surface area is 197 Å². The Morgan fingerprint density at radius 1 is 1.12 bits per heavy atom. The number of benzene rings is 1. The Morgan fingerprint density at radius 3 is 2.59 bits per heavy atom. The van der Waals surface area contributed by atoms with E-state index in [1.165, 1.54) is 5.56 Å². The molecule has 1 spiro atoms. The molecule has 1 aromatic carbocycles. The lowest BCUT2D eigenvalue weighted by Gasteiger charge is -2.60. The molecular formula is C24H30N8O2. The molecule has 3 fully saturated rings. The van der Waals surface area contributed by atoms with Gasteiger partial charge in [0, 0.05) is 49.1 Å². The van der Waals surface area contributed by atoms with Gasteiger partial charge in [0.15, 0.2) is 5.82 Å². The zero-order valence-corrected chi connectivity index (χ0v) is 19.6. The summed E-state index contributed by atoms with van der Waals surface area (Å²) in [5, 5.41) is 4.42. The number of likely N-dealkylation sites (tertiary alicyclic amines) is 2. The fourth-order valence-corrected chi connectivity index (χ4v) is 5.51. The van der Waals surface area contributed by atoms with Gasteiger partial charge in [0.05, 0.1) is 19.9 Å². The number of nitrogens with two attached hydrogens (primary N) is 2. The van der Waals surface area contributed by atoms with Gasteiger partial charge in [0.1, 0.15) is 16.8 Å². The minimum atomic E-state index is -0.0576. The van der Waals surface area contributed by atoms with Crippen molar-refractivity contribution in [2.45, 2.75) is 32.9 Å². The van der Waals surface area contributed by atoms with Crippen LogP contribution < -0.4 is 16.2 Å². The Balaban J connectivity index is 1.10. The number of carbonyl (C=O) groups is 1. The van der Waals surface area contributed by atoms with Crippen LogP contribution in [0.3, 0.4) is 0 Å². The minimum Gasteiger partial charge on any atom is -0.496 e. The first-order valence-corrected chi connectivity index (χ1v) is 11.7. The Bertz CT molecular complexity index is 1280. The second kappa shape index (κ2) is 7.30. The largest absolute Gasteiger partial charge is 0.496 e. The SMILES string of the molecule is COc1cc(CN2CC3(C2)CN(C(=O)C2(C)CC2)C3)ccc1Cn1ncc2nc(N)nc(N)c21. The topological polar surface area (TPSA) is 128 Å². The number of methoxy groups -OCH3 is 1. The van der Waals surface area contributed by atoms with Crippen molar-refractivity contribution in [3.05, 3.63) is 35.5 Å². The molecule has 0 bridgehead atoms. The average Bonchev–Trinajstić information content (AvgIpc) is 3.38. The molecule has 3 aromatic rings. The lowest BCUT2D eigenvalue weighted by atomic mass is 9.72. The third-order valence-electron chi connectivity index (χ3n) is 7.58. The van der Waals surface area contributed by atoms with Crippen LogP contribution in [-0.4, -0.2) is 68.7 Å². The molecule has 4 N–H and O–H groups in total. The van der Waals surface area contributed by atoms with E-state index in [1.807, 2.05) is 0 Å². The third-order valence-corrected chi connectivity index (χ3v) is 7.58. The summed E-state index contributed by atoms with van der Waals surface area (Å²) in [6.45, 7) is 7.36. The smallest absolute Gasteiger partial charge is 0.228 e. The molecule has 1 amide bonds. The van der Waals surface area contributed by atoms with Gasteiger partial charge < -0.3 is 21.1 Å². The molecule has 1 aliphatic carbocycles. The highest BCUT2D eigenvalue weighted by Gasteiger charge is 2.57. The van der Waals surface area contributed by atoms with Crippen LogP contribution in [0.4, 0.5) is 11.8 Å². The Morgan fingerprint density at radius 2 is 1.88 bits per heavy atom. The number of rotatable bonds is 6. The van der Waals surface area contributed by atoms with Crippen molar-refractivity contribution in [1.82, 2.24) is 29.5 Å². The Kier molecular flexibility index (Phi) is 4.54. The van der Waals surface area contributed by atoms with Crippen molar-refractivity contribution >= 4 is 28.7 Å². The monoisotopic (exact) mass is 462 g/mol. The number of amides is 1. The van der Waals surface area contributed by atoms with Crippen LogP contribution in [0.2, 0.25) is 0 Å². The number of ether oxygens (including phenoxy) is 1. The summed E-state index contributed by atoms with van der Waals surface area (Å²) in [5.74, 6) is 1.62. The van der Waals surface area contributed by atoms with E-state index < -0.39 is 0 Å². The molecule has 178 valence electrons. The Hall–Kier alpha value is -3.40. The van der Waals surface area contributed by atoms with E-state index in [-0.39, 0.29) is 11.4 Å². The first kappa shape index (κ1) is 21.2. The van der Waals surface area contributed by atoms with Gasteiger partial charge in [-0.25, -0.2) is 4.98 Å². The lowest BCUT2D eigenvalue weighted by molar-refractivity contribution is -0.164. The van der Waals surface area contributed by atoms with Crippen LogP contribution in [0.1, 0.15) is 30.9 Å². The van der Waals surface area contributed by atoms with Crippen molar-refractivity contribution in [1.29, 1.82) is 0 Å². The van der Waals surface area contributed by atoms with Crippen molar-refractivity contribution in [3.63, 3.8) is 0 Å². The number of nitrogen functional groups attached to an aromatic ring is 2. The second-order valence-corrected chi connectivity index (χ2v) is 10.5. The maximum absolute atomic E-state index is 12.5. The molecule has 4 heterocycles. The molecule has 1 saturated carbocycles. The standard InChI is InChI=1S/C24H30N8O2/c1-23(5-6-23)21(33)31-13-24(14-31)11-30(12-24)9-15-3-4-16(18(7-15)34-2)10-32-19-17(8-27-32)28-22(26)29-20(19)25/h3-4,7-8H,5-6,9-14H2,1-2H3,(H4,25,26,28,29). The van der Waals surface area contributed by atoms with E-state index in [9.17, 15) is 4.79 Å². The van der Waals surface area contributed by atoms with Crippen LogP contribution in [0, 0.1) is 10.8 Å². The molecule has 10 nitrogen and oxygen atoms in total. The van der Waals surface area contributed by atoms with Gasteiger partial charge in [-0.2, -0.15) is 10.1 Å². The molecule has 34 heavy (non-hydrogen) atoms. The lowest BCUT2D eigenvalue weighted by Crippen LogP contribution is -2.73. The molecule has 2 saturated heterocycles. The summed E-state index contributed by atoms with van der Waals surface area (Å²) in [6.07, 6.45) is 3.74. The van der Waals surface area contributed by atoms with Crippen LogP contribution in [0.15, 0.2) is 24.4 Å². The van der Waals surface area contributed by atoms with E-state index in [0.29, 0.717) is 34.7 Å². The number of hydrogen-bond acceptors (Lipinski definition) is 8. The highest BCUT2D eigenvalue weighted by molar-refractivity contribution is 5.86. The van der Waals surface area contributed by atoms with Gasteiger partial charge in [0.25, 0.3) is 0 Å². The maximum Gasteiger partial charge on any atom is 0.228 e. The van der Waals surface area contributed by atoms with Gasteiger partial charge in [0.2, 0.25) is 11.9 Å². The van der Waals surface area contributed by atoms with E-state index in [1.54, 1.807) is 18.0 Å². The van der Waals surface area contributed by atoms with Crippen molar-refractivity contribution in [2.75, 3.05) is 44.8 Å². The van der Waals surface area contributed by atoms with Crippen LogP contribution >= 0.6 is 0 Å². The average molecular weight is 463 g/mol. The van der Waals surface area contributed by atoms with Crippen molar-refractivity contribution in [2.24, 2.45) is 10.8 Å². The molecule has 6 rings (SSSR count). The van der Waals surface area contributed by atoms with Gasteiger partial charge >= 0.3 is 0 Å². The van der Waals surface area contributed by atoms with Crippen molar-refractivity contribution in [3.8, 4) is 5.75 Å². The zero-order chi connectivity index (χ0) is 23.7. The van der Waals surface area contributed by atoms with E-state index in [0.717, 1.165) is 56.9 Å². The van der Waals surface area contributed by atoms with Crippen LogP contribution in [0.25, 0.3) is 11.0 Å². The summed E-state index contributed by atoms with van der Waals surface area (Å²) in [6, 6.07) is 6.30. The fraction of sp³-hybridized carbons (Fsp3) is 0.500. The number of nitrogens with zero attached hydrogens (tertiary/aromatic N) is 6. The number of anilines is 2. The predicted molar refractivity (Wildman–Crippen MR) is 128 cm³/mol. The number of hydrogen-bond donors (Lipinski definition) is 2. The van der Waals surface area contributed by atoms with E-state index in [4.69, 9.17) is 16.2 Å². The zero-order valence-electron chi connectivity index (χ0n) is 19.6. The van der Waals surface area contributed by atoms with Gasteiger partial charge in [-0.15, -0.1) is 0 Å². The highest BCUT2D eigenvalue weighted by Crippen LogP contribution is 2.50. The fourth-order valence-electron chi connectivity index (χ4n) is 5.51. The van der Waals surface area contributed by atoms with Gasteiger partial charge in [-0.3, -0.25) is 14.4 Å². The molecular weight excluding hydrogens is 432 g/mol. The molecule has 3 aliphatic rings. The predicted octanol–water partition coefficient (Wildman–Crippen LogP) is 1.49. The quantitative estimate of drug-likeness (QED) is 0.564. The maximum atomic E-state index is 12.5. The number of fused-ring (bicyclic) bond motifs is 1. The first-order valence-electron chi connectivity index (χ1n) is 11.7. The number of carbonyl (C=O) groups excluding carboxylic acids is 1. The molecule has 0 radical (unpaired) electrons. The number of aromatic nitrogens is 4. The van der Waals surface area contributed by atoms with Gasteiger partial charge in [-0.05, 0) is 24.5 Å². The second-order valence-electron chi connectivity index (χ2n) is 10.5. The molecule has 0 atom stereocenters. The van der Waals surface area contributed by atoms with Crippen LogP contribution in [-0.2, 0) is 17.9 Å². The minimum absolute atomic E-state index is 0.0576. The van der Waals surface area contributed by atoms with E-state index >= 15 is 0 Å². The van der Waals surface area contributed by atoms with Gasteiger partial charge in [-0.1, -0.05) is 19.1 Å². The summed E-state index contributed by atoms with van der Waals surface area (Å²) in [4.78, 5) is 25.3. The molecule has 2 aliphatic heterocycles. The summed E-state index contributed by atoms with van der Waals surface area (Å²) >= 11 is 0. The third kappa shape index (κ3) is 3.44. The highest BCUT2D eigenvalue weighted by atomic mass is 16.5.